The predicted molar refractivity (Wildman–Crippen MR) is 66.5 cm³/mol. The summed E-state index contributed by atoms with van der Waals surface area (Å²) in [4.78, 5) is 0. The van der Waals surface area contributed by atoms with Crippen LogP contribution in [-0.2, 0) is 14.2 Å². The summed E-state index contributed by atoms with van der Waals surface area (Å²) in [7, 11) is 0. The van der Waals surface area contributed by atoms with Gasteiger partial charge in [-0.25, -0.2) is 0 Å². The maximum Gasteiger partial charge on any atom is 0.0862 e. The lowest BCUT2D eigenvalue weighted by atomic mass is 10.2. The maximum atomic E-state index is 5.51. The fourth-order valence-corrected chi connectivity index (χ4v) is 2.23. The molecule has 2 saturated heterocycles. The highest BCUT2D eigenvalue weighted by Crippen LogP contribution is 2.16. The molecule has 0 spiro atoms. The Morgan fingerprint density at radius 3 is 1.82 bits per heavy atom. The van der Waals surface area contributed by atoms with Crippen LogP contribution in [0.25, 0.3) is 0 Å². The lowest BCUT2D eigenvalue weighted by molar-refractivity contribution is 0.112. The van der Waals surface area contributed by atoms with E-state index in [2.05, 4.69) is 0 Å². The van der Waals surface area contributed by atoms with Gasteiger partial charge in [0, 0.05) is 13.2 Å². The van der Waals surface area contributed by atoms with Crippen LogP contribution < -0.4 is 0 Å². The molecule has 3 nitrogen and oxygen atoms in total. The van der Waals surface area contributed by atoms with Gasteiger partial charge in [0.1, 0.15) is 0 Å². The molecule has 0 aromatic rings. The van der Waals surface area contributed by atoms with Gasteiger partial charge >= 0.3 is 0 Å². The zero-order valence-electron chi connectivity index (χ0n) is 10.3. The molecule has 0 amide bonds. The van der Waals surface area contributed by atoms with E-state index in [1.807, 2.05) is 12.2 Å². The number of hydrogen-bond donors (Lipinski definition) is 0. The van der Waals surface area contributed by atoms with E-state index in [1.54, 1.807) is 12.5 Å². The number of rotatable bonds is 6. The second kappa shape index (κ2) is 7.51. The van der Waals surface area contributed by atoms with Crippen molar-refractivity contribution in [3.63, 3.8) is 0 Å². The lowest BCUT2D eigenvalue weighted by Gasteiger charge is -2.04. The summed E-state index contributed by atoms with van der Waals surface area (Å²) >= 11 is 0. The summed E-state index contributed by atoms with van der Waals surface area (Å²) in [5, 5.41) is 0. The van der Waals surface area contributed by atoms with E-state index in [-0.39, 0.29) is 0 Å². The molecule has 3 heteroatoms. The van der Waals surface area contributed by atoms with Crippen molar-refractivity contribution in [1.82, 2.24) is 0 Å². The summed E-state index contributed by atoms with van der Waals surface area (Å²) in [6.07, 6.45) is 15.0. The summed E-state index contributed by atoms with van der Waals surface area (Å²) in [6, 6.07) is 0. The lowest BCUT2D eigenvalue weighted by Crippen LogP contribution is -2.02. The van der Waals surface area contributed by atoms with Crippen molar-refractivity contribution in [2.45, 2.75) is 50.7 Å². The Kier molecular flexibility index (Phi) is 5.59. The molecule has 2 aliphatic heterocycles. The number of hydrogen-bond acceptors (Lipinski definition) is 3. The molecule has 2 heterocycles. The summed E-state index contributed by atoms with van der Waals surface area (Å²) in [5.41, 5.74) is 0. The zero-order valence-corrected chi connectivity index (χ0v) is 10.3. The van der Waals surface area contributed by atoms with Crippen LogP contribution in [0.5, 0.6) is 0 Å². The van der Waals surface area contributed by atoms with Crippen LogP contribution in [0.4, 0.5) is 0 Å². The highest BCUT2D eigenvalue weighted by molar-refractivity contribution is 4.85. The van der Waals surface area contributed by atoms with Gasteiger partial charge in [-0.3, -0.25) is 0 Å². The largest absolute Gasteiger partial charge is 0.473 e. The van der Waals surface area contributed by atoms with Gasteiger partial charge in [-0.15, -0.1) is 0 Å². The van der Waals surface area contributed by atoms with Gasteiger partial charge in [0.2, 0.25) is 0 Å². The molecule has 2 atom stereocenters. The van der Waals surface area contributed by atoms with Crippen molar-refractivity contribution in [3.8, 4) is 0 Å². The molecule has 0 radical (unpaired) electrons. The third-order valence-corrected chi connectivity index (χ3v) is 3.20. The topological polar surface area (TPSA) is 27.7 Å². The Balaban J connectivity index is 1.49. The molecule has 2 fully saturated rings. The van der Waals surface area contributed by atoms with E-state index >= 15 is 0 Å². The average molecular weight is 238 g/mol. The number of ether oxygens (including phenoxy) is 3. The molecule has 0 aliphatic carbocycles. The quantitative estimate of drug-likeness (QED) is 0.665. The summed E-state index contributed by atoms with van der Waals surface area (Å²) < 4.78 is 16.3. The first-order valence-electron chi connectivity index (χ1n) is 6.64. The molecule has 0 saturated carbocycles. The first-order valence-corrected chi connectivity index (χ1v) is 6.64. The molecule has 2 rings (SSSR count). The molecule has 0 aromatic heterocycles. The maximum absolute atomic E-state index is 5.51. The van der Waals surface area contributed by atoms with E-state index in [9.17, 15) is 0 Å². The van der Waals surface area contributed by atoms with Crippen LogP contribution >= 0.6 is 0 Å². The average Bonchev–Trinajstić information content (AvgIpc) is 3.00. The Morgan fingerprint density at radius 2 is 1.41 bits per heavy atom. The van der Waals surface area contributed by atoms with Gasteiger partial charge in [0.05, 0.1) is 24.7 Å². The van der Waals surface area contributed by atoms with Crippen molar-refractivity contribution in [1.29, 1.82) is 0 Å². The van der Waals surface area contributed by atoms with Crippen molar-refractivity contribution in [2.75, 3.05) is 13.2 Å². The summed E-state index contributed by atoms with van der Waals surface area (Å²) in [6.45, 7) is 1.83. The Morgan fingerprint density at radius 1 is 0.882 bits per heavy atom. The fraction of sp³-hybridized carbons (Fsp3) is 0.714. The van der Waals surface area contributed by atoms with Crippen LogP contribution in [0.1, 0.15) is 38.5 Å². The van der Waals surface area contributed by atoms with Crippen molar-refractivity contribution < 1.29 is 14.2 Å². The SMILES string of the molecule is C(=COC=CCC1CCCO1)CC1CCCO1. The van der Waals surface area contributed by atoms with Crippen LogP contribution in [-0.4, -0.2) is 25.4 Å². The van der Waals surface area contributed by atoms with E-state index in [1.165, 1.54) is 25.7 Å². The smallest absolute Gasteiger partial charge is 0.0862 e. The minimum atomic E-state index is 0.408. The second-order valence-electron chi connectivity index (χ2n) is 4.62. The zero-order chi connectivity index (χ0) is 11.8. The molecule has 2 aliphatic rings. The highest BCUT2D eigenvalue weighted by Gasteiger charge is 2.13. The third kappa shape index (κ3) is 4.92. The van der Waals surface area contributed by atoms with Gasteiger partial charge in [-0.05, 0) is 50.7 Å². The third-order valence-electron chi connectivity index (χ3n) is 3.20. The molecule has 0 bridgehead atoms. The van der Waals surface area contributed by atoms with Crippen molar-refractivity contribution >= 4 is 0 Å². The second-order valence-corrected chi connectivity index (χ2v) is 4.62. The standard InChI is InChI=1S/C14H22O3/c1(5-13-7-3-11-16-13)9-15-10-2-6-14-8-4-12-17-14/h1-2,9-10,13-14H,3-8,11-12H2. The van der Waals surface area contributed by atoms with E-state index in [0.29, 0.717) is 12.2 Å². The minimum absolute atomic E-state index is 0.408. The van der Waals surface area contributed by atoms with Gasteiger partial charge in [0.15, 0.2) is 0 Å². The predicted octanol–water partition coefficient (Wildman–Crippen LogP) is 3.17. The molecule has 0 aromatic carbocycles. The molecule has 2 unspecified atom stereocenters. The fourth-order valence-electron chi connectivity index (χ4n) is 2.23. The van der Waals surface area contributed by atoms with Crippen molar-refractivity contribution in [3.05, 3.63) is 24.7 Å². The van der Waals surface area contributed by atoms with Crippen LogP contribution in [0, 0.1) is 0 Å². The normalized spacial score (nSPS) is 29.6. The van der Waals surface area contributed by atoms with E-state index in [4.69, 9.17) is 14.2 Å². The monoisotopic (exact) mass is 238 g/mol. The van der Waals surface area contributed by atoms with Crippen LogP contribution in [0.2, 0.25) is 0 Å². The highest BCUT2D eigenvalue weighted by atomic mass is 16.5. The van der Waals surface area contributed by atoms with Gasteiger partial charge in [-0.2, -0.15) is 0 Å². The molecular formula is C14H22O3. The van der Waals surface area contributed by atoms with Gasteiger partial charge < -0.3 is 14.2 Å². The van der Waals surface area contributed by atoms with Gasteiger partial charge in [-0.1, -0.05) is 0 Å². The Hall–Kier alpha value is -0.800. The molecule has 17 heavy (non-hydrogen) atoms. The first kappa shape index (κ1) is 12.7. The minimum Gasteiger partial charge on any atom is -0.473 e. The Labute approximate surface area is 103 Å². The molecule has 0 N–H and O–H groups in total. The van der Waals surface area contributed by atoms with Gasteiger partial charge in [0.25, 0.3) is 0 Å². The van der Waals surface area contributed by atoms with E-state index < -0.39 is 0 Å². The van der Waals surface area contributed by atoms with Crippen molar-refractivity contribution in [2.24, 2.45) is 0 Å². The molecule has 96 valence electrons. The Bertz CT molecular complexity index is 222. The van der Waals surface area contributed by atoms with Crippen LogP contribution in [0.15, 0.2) is 24.7 Å². The first-order chi connectivity index (χ1) is 8.45. The van der Waals surface area contributed by atoms with E-state index in [0.717, 1.165) is 26.1 Å². The molecular weight excluding hydrogens is 216 g/mol. The van der Waals surface area contributed by atoms with Crippen LogP contribution in [0.3, 0.4) is 0 Å². The summed E-state index contributed by atoms with van der Waals surface area (Å²) in [5.74, 6) is 0.